The fraction of sp³-hybridized carbons (Fsp3) is 0.714. The number of rotatable bonds is 8. The summed E-state index contributed by atoms with van der Waals surface area (Å²) < 4.78 is 17.7. The average molecular weight is 411 g/mol. The van der Waals surface area contributed by atoms with E-state index in [0.29, 0.717) is 19.1 Å². The minimum absolute atomic E-state index is 0.170. The molecule has 0 radical (unpaired) electrons. The summed E-state index contributed by atoms with van der Waals surface area (Å²) in [6.45, 7) is 7.68. The first-order valence-corrected chi connectivity index (χ1v) is 10.8. The zero-order valence-corrected chi connectivity index (χ0v) is 17.3. The van der Waals surface area contributed by atoms with E-state index >= 15 is 0 Å². The minimum atomic E-state index is -0.726. The highest BCUT2D eigenvalue weighted by Gasteiger charge is 2.46. The molecule has 3 fully saturated rings. The molecule has 2 aliphatic heterocycles. The summed E-state index contributed by atoms with van der Waals surface area (Å²) in [5.74, 6) is 0.639. The fourth-order valence-corrected chi connectivity index (χ4v) is 4.20. The van der Waals surface area contributed by atoms with E-state index in [2.05, 4.69) is 15.9 Å². The second-order valence-corrected chi connectivity index (χ2v) is 8.43. The lowest BCUT2D eigenvalue weighted by molar-refractivity contribution is -0.169. The molecular formula is C21H31ClN2O4. The zero-order valence-electron chi connectivity index (χ0n) is 16.5. The van der Waals surface area contributed by atoms with Crippen molar-refractivity contribution in [3.63, 3.8) is 0 Å². The molecule has 28 heavy (non-hydrogen) atoms. The van der Waals surface area contributed by atoms with Gasteiger partial charge in [0.15, 0.2) is 6.29 Å². The van der Waals surface area contributed by atoms with Gasteiger partial charge in [-0.05, 0) is 43.9 Å². The normalized spacial score (nSPS) is 31.5. The number of nitrogens with zero attached hydrogens (tertiary/aromatic N) is 2. The van der Waals surface area contributed by atoms with Crippen LogP contribution in [0.3, 0.4) is 0 Å². The molecule has 7 heteroatoms. The number of hydrogen-bond donors (Lipinski definition) is 1. The molecule has 2 saturated heterocycles. The van der Waals surface area contributed by atoms with Gasteiger partial charge in [-0.1, -0.05) is 17.7 Å². The molecule has 0 aromatic heterocycles. The second kappa shape index (κ2) is 9.28. The number of hydrogen-bond acceptors (Lipinski definition) is 6. The highest BCUT2D eigenvalue weighted by atomic mass is 35.5. The third-order valence-corrected chi connectivity index (χ3v) is 6.06. The molecule has 3 aliphatic rings. The lowest BCUT2D eigenvalue weighted by Gasteiger charge is -2.37. The van der Waals surface area contributed by atoms with Crippen LogP contribution in [0.2, 0.25) is 5.02 Å². The van der Waals surface area contributed by atoms with Gasteiger partial charge in [0.05, 0.1) is 6.61 Å². The molecule has 156 valence electrons. The number of aliphatic hydroxyl groups excluding tert-OH is 1. The van der Waals surface area contributed by atoms with Gasteiger partial charge in [-0.3, -0.25) is 4.90 Å². The predicted octanol–water partition coefficient (Wildman–Crippen LogP) is 2.38. The van der Waals surface area contributed by atoms with E-state index in [1.54, 1.807) is 0 Å². The maximum absolute atomic E-state index is 10.6. The van der Waals surface area contributed by atoms with Gasteiger partial charge in [-0.25, -0.2) is 0 Å². The Kier molecular flexibility index (Phi) is 6.76. The molecule has 0 amide bonds. The number of halogens is 1. The van der Waals surface area contributed by atoms with Crippen molar-refractivity contribution in [3.8, 4) is 0 Å². The summed E-state index contributed by atoms with van der Waals surface area (Å²) in [5, 5.41) is 11.4. The topological polar surface area (TPSA) is 54.4 Å². The Morgan fingerprint density at radius 1 is 1.18 bits per heavy atom. The molecule has 2 heterocycles. The molecule has 1 aliphatic carbocycles. The van der Waals surface area contributed by atoms with E-state index < -0.39 is 12.4 Å². The molecule has 0 bridgehead atoms. The van der Waals surface area contributed by atoms with Crippen molar-refractivity contribution in [1.29, 1.82) is 0 Å². The second-order valence-electron chi connectivity index (χ2n) is 8.00. The van der Waals surface area contributed by atoms with E-state index in [4.69, 9.17) is 25.8 Å². The molecule has 0 spiro atoms. The first-order chi connectivity index (χ1) is 13.6. The predicted molar refractivity (Wildman–Crippen MR) is 109 cm³/mol. The van der Waals surface area contributed by atoms with Crippen LogP contribution < -0.4 is 4.90 Å². The number of anilines is 1. The Morgan fingerprint density at radius 2 is 1.96 bits per heavy atom. The Hall–Kier alpha value is -0.890. The molecule has 4 unspecified atom stereocenters. The van der Waals surface area contributed by atoms with Crippen LogP contribution >= 0.6 is 11.6 Å². The molecule has 4 atom stereocenters. The monoisotopic (exact) mass is 410 g/mol. The van der Waals surface area contributed by atoms with Crippen molar-refractivity contribution in [2.45, 2.75) is 44.4 Å². The van der Waals surface area contributed by atoms with Gasteiger partial charge in [0, 0.05) is 50.0 Å². The van der Waals surface area contributed by atoms with Crippen LogP contribution in [0.5, 0.6) is 0 Å². The van der Waals surface area contributed by atoms with Crippen molar-refractivity contribution >= 4 is 17.3 Å². The van der Waals surface area contributed by atoms with Gasteiger partial charge in [0.25, 0.3) is 0 Å². The van der Waals surface area contributed by atoms with Crippen LogP contribution in [0.25, 0.3) is 0 Å². The third-order valence-electron chi connectivity index (χ3n) is 5.83. The maximum atomic E-state index is 10.6. The Balaban J connectivity index is 1.30. The highest BCUT2D eigenvalue weighted by Crippen LogP contribution is 2.32. The van der Waals surface area contributed by atoms with Crippen LogP contribution in [-0.2, 0) is 14.2 Å². The Bertz CT molecular complexity index is 637. The summed E-state index contributed by atoms with van der Waals surface area (Å²) >= 11 is 6.13. The van der Waals surface area contributed by atoms with Crippen molar-refractivity contribution in [3.05, 3.63) is 29.3 Å². The average Bonchev–Trinajstić information content (AvgIpc) is 3.48. The van der Waals surface area contributed by atoms with E-state index in [0.717, 1.165) is 37.7 Å². The first kappa shape index (κ1) is 20.4. The minimum Gasteiger partial charge on any atom is -0.385 e. The smallest absolute Gasteiger partial charge is 0.186 e. The summed E-state index contributed by atoms with van der Waals surface area (Å²) in [7, 11) is 0. The molecule has 1 N–H and O–H groups in total. The summed E-state index contributed by atoms with van der Waals surface area (Å²) in [4.78, 5) is 4.74. The van der Waals surface area contributed by atoms with Crippen molar-refractivity contribution in [2.75, 3.05) is 50.8 Å². The number of piperazine rings is 1. The summed E-state index contributed by atoms with van der Waals surface area (Å²) in [5.41, 5.74) is 1.17. The lowest BCUT2D eigenvalue weighted by atomic mass is 10.1. The van der Waals surface area contributed by atoms with Crippen LogP contribution in [0, 0.1) is 5.92 Å². The number of ether oxygens (including phenoxy) is 3. The number of aliphatic hydroxyl groups is 1. The Labute approximate surface area is 172 Å². The van der Waals surface area contributed by atoms with E-state index in [1.807, 2.05) is 25.1 Å². The summed E-state index contributed by atoms with van der Waals surface area (Å²) in [6.07, 6.45) is 0.638. The standard InChI is InChI=1S/C21H31ClN2O4/c1-2-26-20-18(28-21(19(20)25)27-14-15-6-7-15)13-23-8-10-24(11-9-23)17-5-3-4-16(22)12-17/h3-5,12,15,18-21,25H,2,6-11,13-14H2,1H3. The molecular weight excluding hydrogens is 380 g/mol. The van der Waals surface area contributed by atoms with Gasteiger partial charge in [-0.2, -0.15) is 0 Å². The van der Waals surface area contributed by atoms with Crippen molar-refractivity contribution in [1.82, 2.24) is 4.90 Å². The maximum Gasteiger partial charge on any atom is 0.186 e. The summed E-state index contributed by atoms with van der Waals surface area (Å²) in [6, 6.07) is 8.01. The molecule has 1 saturated carbocycles. The van der Waals surface area contributed by atoms with Gasteiger partial charge in [0.1, 0.15) is 18.3 Å². The van der Waals surface area contributed by atoms with Crippen molar-refractivity contribution < 1.29 is 19.3 Å². The third kappa shape index (κ3) is 4.99. The van der Waals surface area contributed by atoms with E-state index in [1.165, 1.54) is 18.5 Å². The first-order valence-electron chi connectivity index (χ1n) is 10.4. The fourth-order valence-electron chi connectivity index (χ4n) is 4.02. The van der Waals surface area contributed by atoms with E-state index in [9.17, 15) is 5.11 Å². The molecule has 1 aromatic rings. The Morgan fingerprint density at radius 3 is 2.64 bits per heavy atom. The van der Waals surface area contributed by atoms with Gasteiger partial charge < -0.3 is 24.2 Å². The van der Waals surface area contributed by atoms with E-state index in [-0.39, 0.29) is 12.2 Å². The van der Waals surface area contributed by atoms with Crippen molar-refractivity contribution in [2.24, 2.45) is 5.92 Å². The largest absolute Gasteiger partial charge is 0.385 e. The molecule has 4 rings (SSSR count). The number of benzene rings is 1. The lowest BCUT2D eigenvalue weighted by Crippen LogP contribution is -2.50. The van der Waals surface area contributed by atoms with Gasteiger partial charge >= 0.3 is 0 Å². The SMILES string of the molecule is CCOC1C(CN2CCN(c3cccc(Cl)c3)CC2)OC(OCC2CC2)C1O. The van der Waals surface area contributed by atoms with Crippen LogP contribution in [0.4, 0.5) is 5.69 Å². The van der Waals surface area contributed by atoms with Gasteiger partial charge in [0.2, 0.25) is 0 Å². The molecule has 1 aromatic carbocycles. The highest BCUT2D eigenvalue weighted by molar-refractivity contribution is 6.30. The quantitative estimate of drug-likeness (QED) is 0.710. The van der Waals surface area contributed by atoms with Crippen LogP contribution in [-0.4, -0.2) is 80.5 Å². The van der Waals surface area contributed by atoms with Crippen LogP contribution in [0.15, 0.2) is 24.3 Å². The molecule has 6 nitrogen and oxygen atoms in total. The van der Waals surface area contributed by atoms with Crippen LogP contribution in [0.1, 0.15) is 19.8 Å². The zero-order chi connectivity index (χ0) is 19.5. The van der Waals surface area contributed by atoms with Gasteiger partial charge in [-0.15, -0.1) is 0 Å².